The first-order valence-corrected chi connectivity index (χ1v) is 2.52. The molecule has 4 N–H and O–H groups in total. The summed E-state index contributed by atoms with van der Waals surface area (Å²) in [7, 11) is -4.14. The van der Waals surface area contributed by atoms with Crippen LogP contribution >= 0.6 is 7.75 Å². The zero-order valence-corrected chi connectivity index (χ0v) is 4.68. The van der Waals surface area contributed by atoms with Crippen molar-refractivity contribution in [2.75, 3.05) is 0 Å². The van der Waals surface area contributed by atoms with E-state index < -0.39 is 7.75 Å². The van der Waals surface area contributed by atoms with Gasteiger partial charge in [0.15, 0.2) is 0 Å². The van der Waals surface area contributed by atoms with E-state index in [2.05, 4.69) is 5.50 Å². The molecule has 40 valence electrons. The summed E-state index contributed by atoms with van der Waals surface area (Å²) in [5.41, 5.74) is 4.02. The predicted octanol–water partition coefficient (Wildman–Crippen LogP) is -0.965. The van der Waals surface area contributed by atoms with Crippen LogP contribution < -0.4 is 5.50 Å². The summed E-state index contributed by atoms with van der Waals surface area (Å²) < 4.78 is 9.10. The van der Waals surface area contributed by atoms with Gasteiger partial charge in [0.1, 0.15) is 0 Å². The first kappa shape index (κ1) is 9.80. The third-order valence-corrected chi connectivity index (χ3v) is 0. The second kappa shape index (κ2) is 2.75. The summed E-state index contributed by atoms with van der Waals surface area (Å²) in [5, 5.41) is 0. The Morgan fingerprint density at radius 1 is 1.50 bits per heavy atom. The van der Waals surface area contributed by atoms with Crippen molar-refractivity contribution < 1.29 is 31.4 Å². The fourth-order valence-electron chi connectivity index (χ4n) is 0. The molecule has 0 radical (unpaired) electrons. The summed E-state index contributed by atoms with van der Waals surface area (Å²) in [6, 6.07) is 0. The summed E-state index contributed by atoms with van der Waals surface area (Å²) in [6.45, 7) is 0. The van der Waals surface area contributed by atoms with Crippen LogP contribution in [0, 0.1) is 0 Å². The van der Waals surface area contributed by atoms with E-state index in [1.54, 1.807) is 0 Å². The summed E-state index contributed by atoms with van der Waals surface area (Å²) >= 11 is 0. The maximum Gasteiger partial charge on any atom is 0.397 e. The Bertz CT molecular complexity index is 56.9. The predicted molar refractivity (Wildman–Crippen MR) is 16.2 cm³/mol. The van der Waals surface area contributed by atoms with Crippen molar-refractivity contribution in [1.82, 2.24) is 0 Å². The molecule has 0 rings (SSSR count). The van der Waals surface area contributed by atoms with Crippen molar-refractivity contribution in [2.24, 2.45) is 5.50 Å². The molecule has 6 heteroatoms. The Labute approximate surface area is 45.4 Å². The summed E-state index contributed by atoms with van der Waals surface area (Å²) in [5.74, 6) is 0. The van der Waals surface area contributed by atoms with Gasteiger partial charge in [-0.1, -0.05) is 0 Å². The van der Waals surface area contributed by atoms with Crippen LogP contribution in [-0.4, -0.2) is 9.79 Å². The number of hydrogen-bond acceptors (Lipinski definition) is 1. The molecule has 0 saturated heterocycles. The molecule has 0 aliphatic heterocycles. The van der Waals surface area contributed by atoms with Crippen molar-refractivity contribution in [3.05, 3.63) is 0 Å². The minimum absolute atomic E-state index is 0. The fourth-order valence-corrected chi connectivity index (χ4v) is 0. The maximum atomic E-state index is 9.10. The standard InChI is InChI=1S/Fe.H4NO3P/c;1-5(2,3)4/h;(H4,1,2,3,4). The van der Waals surface area contributed by atoms with Gasteiger partial charge in [0.25, 0.3) is 0 Å². The molecule has 0 aromatic heterocycles. The molecule has 0 bridgehead atoms. The second-order valence-electron chi connectivity index (χ2n) is 0.589. The van der Waals surface area contributed by atoms with Crippen LogP contribution in [0.3, 0.4) is 0 Å². The molecule has 6 heavy (non-hydrogen) atoms. The Kier molecular flexibility index (Phi) is 4.49. The van der Waals surface area contributed by atoms with Crippen LogP contribution in [-0.2, 0) is 21.6 Å². The van der Waals surface area contributed by atoms with E-state index in [9.17, 15) is 0 Å². The van der Waals surface area contributed by atoms with Gasteiger partial charge >= 0.3 is 7.75 Å². The molecule has 0 spiro atoms. The maximum absolute atomic E-state index is 9.10. The van der Waals surface area contributed by atoms with Crippen LogP contribution in [0.1, 0.15) is 0 Å². The van der Waals surface area contributed by atoms with Crippen LogP contribution in [0.4, 0.5) is 0 Å². The Balaban J connectivity index is 0. The van der Waals surface area contributed by atoms with Gasteiger partial charge in [-0.3, -0.25) is 0 Å². The minimum Gasteiger partial charge on any atom is -0.313 e. The number of hydrogen-bond donors (Lipinski definition) is 3. The molecule has 0 aliphatic carbocycles. The topological polar surface area (TPSA) is 83.6 Å². The summed E-state index contributed by atoms with van der Waals surface area (Å²) in [4.78, 5) is 14.8. The molecule has 0 unspecified atom stereocenters. The van der Waals surface area contributed by atoms with Gasteiger partial charge in [0.2, 0.25) is 0 Å². The van der Waals surface area contributed by atoms with E-state index in [1.165, 1.54) is 0 Å². The average Bonchev–Trinajstić information content (AvgIpc) is 0.722. The third-order valence-electron chi connectivity index (χ3n) is 0. The van der Waals surface area contributed by atoms with Gasteiger partial charge < -0.3 is 9.79 Å². The molecule has 0 atom stereocenters. The van der Waals surface area contributed by atoms with Gasteiger partial charge in [0, 0.05) is 17.1 Å². The molecule has 0 saturated carbocycles. The summed E-state index contributed by atoms with van der Waals surface area (Å²) in [6.07, 6.45) is 0. The van der Waals surface area contributed by atoms with Crippen molar-refractivity contribution in [2.45, 2.75) is 0 Å². The van der Waals surface area contributed by atoms with Crippen LogP contribution in [0.15, 0.2) is 0 Å². The molecule has 0 aromatic carbocycles. The van der Waals surface area contributed by atoms with Crippen LogP contribution in [0.25, 0.3) is 0 Å². The Morgan fingerprint density at radius 3 is 1.50 bits per heavy atom. The Morgan fingerprint density at radius 2 is 1.50 bits per heavy atom. The van der Waals surface area contributed by atoms with Crippen molar-refractivity contribution in [1.29, 1.82) is 0 Å². The number of rotatable bonds is 0. The molecule has 4 nitrogen and oxygen atoms in total. The SMILES string of the molecule is NP(=O)(O)O.[Fe]. The van der Waals surface area contributed by atoms with E-state index >= 15 is 0 Å². The third kappa shape index (κ3) is 154. The van der Waals surface area contributed by atoms with Gasteiger partial charge in [0.05, 0.1) is 0 Å². The zero-order chi connectivity index (χ0) is 4.50. The molecule has 0 amide bonds. The molecular formula is H4FeNO3P. The van der Waals surface area contributed by atoms with E-state index in [-0.39, 0.29) is 17.1 Å². The van der Waals surface area contributed by atoms with Gasteiger partial charge in [-0.2, -0.15) is 0 Å². The molecule has 0 fully saturated rings. The zero-order valence-electron chi connectivity index (χ0n) is 2.68. The van der Waals surface area contributed by atoms with Gasteiger partial charge in [-0.05, 0) is 0 Å². The van der Waals surface area contributed by atoms with Crippen LogP contribution in [0.2, 0.25) is 0 Å². The van der Waals surface area contributed by atoms with Crippen LogP contribution in [0.5, 0.6) is 0 Å². The van der Waals surface area contributed by atoms with E-state index in [4.69, 9.17) is 14.4 Å². The monoisotopic (exact) mass is 153 g/mol. The smallest absolute Gasteiger partial charge is 0.313 e. The van der Waals surface area contributed by atoms with Gasteiger partial charge in [-0.15, -0.1) is 0 Å². The van der Waals surface area contributed by atoms with E-state index in [1.807, 2.05) is 0 Å². The number of nitrogens with two attached hydrogens (primary N) is 1. The minimum atomic E-state index is -4.14. The fraction of sp³-hybridized carbons (Fsp3) is 0. The van der Waals surface area contributed by atoms with Crippen molar-refractivity contribution in [3.8, 4) is 0 Å². The van der Waals surface area contributed by atoms with Crippen molar-refractivity contribution in [3.63, 3.8) is 0 Å². The quantitative estimate of drug-likeness (QED) is 0.309. The molecule has 0 heterocycles. The molecule has 0 aromatic rings. The largest absolute Gasteiger partial charge is 0.397 e. The molecule has 0 aliphatic rings. The normalized spacial score (nSPS) is 9.83. The van der Waals surface area contributed by atoms with Gasteiger partial charge in [-0.25, -0.2) is 10.1 Å². The Hall–Kier alpha value is 0.629. The first-order chi connectivity index (χ1) is 2.00. The van der Waals surface area contributed by atoms with E-state index in [0.717, 1.165) is 0 Å². The van der Waals surface area contributed by atoms with Crippen molar-refractivity contribution >= 4 is 7.75 Å². The second-order valence-corrected chi connectivity index (χ2v) is 1.77. The molecular weight excluding hydrogens is 149 g/mol. The first-order valence-electron chi connectivity index (χ1n) is 0.841. The van der Waals surface area contributed by atoms with E-state index in [0.29, 0.717) is 0 Å². The average molecular weight is 153 g/mol.